The first-order valence-electron chi connectivity index (χ1n) is 4.29. The molecule has 0 aromatic heterocycles. The van der Waals surface area contributed by atoms with Crippen LogP contribution in [0.15, 0.2) is 18.2 Å². The van der Waals surface area contributed by atoms with Gasteiger partial charge in [-0.3, -0.25) is 0 Å². The minimum Gasteiger partial charge on any atom is -0.479 e. The number of rotatable bonds is 4. The third kappa shape index (κ3) is 3.28. The van der Waals surface area contributed by atoms with Gasteiger partial charge in [0, 0.05) is 0 Å². The van der Waals surface area contributed by atoms with Crippen LogP contribution < -0.4 is 0 Å². The molecule has 0 amide bonds. The smallest absolute Gasteiger partial charge is 0.332 e. The molecule has 0 radical (unpaired) electrons. The Labute approximate surface area is 85.3 Å². The Kier molecular flexibility index (Phi) is 3.74. The molecule has 0 fully saturated rings. The molecule has 0 saturated heterocycles. The van der Waals surface area contributed by atoms with E-state index in [9.17, 15) is 13.6 Å². The summed E-state index contributed by atoms with van der Waals surface area (Å²) in [5, 5.41) is 8.50. The Hall–Kier alpha value is -1.49. The Bertz CT molecular complexity index is 366. The molecule has 1 aromatic rings. The summed E-state index contributed by atoms with van der Waals surface area (Å²) in [6, 6.07) is 3.29. The number of benzene rings is 1. The maximum atomic E-state index is 12.7. The molecular formula is C10H10F2O3. The molecule has 0 heterocycles. The maximum absolute atomic E-state index is 12.7. The van der Waals surface area contributed by atoms with Crippen molar-refractivity contribution in [1.29, 1.82) is 0 Å². The molecule has 5 heteroatoms. The Morgan fingerprint density at radius 3 is 2.67 bits per heavy atom. The van der Waals surface area contributed by atoms with Gasteiger partial charge >= 0.3 is 5.97 Å². The van der Waals surface area contributed by atoms with E-state index in [1.807, 2.05) is 0 Å². The molecule has 1 aromatic carbocycles. The number of ether oxygens (including phenoxy) is 1. The van der Waals surface area contributed by atoms with Gasteiger partial charge in [-0.2, -0.15) is 0 Å². The molecule has 15 heavy (non-hydrogen) atoms. The Balaban J connectivity index is 2.58. The number of carboxylic acid groups (broad SMARTS) is 1. The molecular weight excluding hydrogens is 206 g/mol. The van der Waals surface area contributed by atoms with Crippen molar-refractivity contribution in [3.8, 4) is 0 Å². The maximum Gasteiger partial charge on any atom is 0.332 e. The van der Waals surface area contributed by atoms with Gasteiger partial charge in [0.05, 0.1) is 6.61 Å². The van der Waals surface area contributed by atoms with Crippen LogP contribution in [-0.2, 0) is 16.1 Å². The molecule has 0 aliphatic rings. The van der Waals surface area contributed by atoms with E-state index < -0.39 is 23.7 Å². The number of carbonyl (C=O) groups is 1. The molecule has 0 aliphatic heterocycles. The Morgan fingerprint density at radius 1 is 1.47 bits per heavy atom. The summed E-state index contributed by atoms with van der Waals surface area (Å²) in [7, 11) is 0. The van der Waals surface area contributed by atoms with Gasteiger partial charge in [0.2, 0.25) is 0 Å². The summed E-state index contributed by atoms with van der Waals surface area (Å²) >= 11 is 0. The molecule has 1 atom stereocenters. The molecule has 1 N–H and O–H groups in total. The highest BCUT2D eigenvalue weighted by molar-refractivity contribution is 5.71. The molecule has 0 spiro atoms. The van der Waals surface area contributed by atoms with Crippen LogP contribution in [0.25, 0.3) is 0 Å². The van der Waals surface area contributed by atoms with Gasteiger partial charge in [-0.25, -0.2) is 13.6 Å². The fourth-order valence-electron chi connectivity index (χ4n) is 0.922. The van der Waals surface area contributed by atoms with Crippen molar-refractivity contribution in [3.63, 3.8) is 0 Å². The second-order valence-electron chi connectivity index (χ2n) is 3.04. The normalized spacial score (nSPS) is 12.5. The zero-order valence-electron chi connectivity index (χ0n) is 8.04. The van der Waals surface area contributed by atoms with Crippen LogP contribution in [0.3, 0.4) is 0 Å². The lowest BCUT2D eigenvalue weighted by Gasteiger charge is -2.08. The highest BCUT2D eigenvalue weighted by Gasteiger charge is 2.11. The summed E-state index contributed by atoms with van der Waals surface area (Å²) in [6.07, 6.45) is -0.974. The third-order valence-corrected chi connectivity index (χ3v) is 1.83. The lowest BCUT2D eigenvalue weighted by molar-refractivity contribution is -0.149. The number of hydrogen-bond donors (Lipinski definition) is 1. The average Bonchev–Trinajstić information content (AvgIpc) is 2.19. The fraction of sp³-hybridized carbons (Fsp3) is 0.300. The number of aliphatic carboxylic acids is 1. The zero-order chi connectivity index (χ0) is 11.4. The van der Waals surface area contributed by atoms with Crippen molar-refractivity contribution >= 4 is 5.97 Å². The topological polar surface area (TPSA) is 46.5 Å². The van der Waals surface area contributed by atoms with E-state index in [2.05, 4.69) is 0 Å². The van der Waals surface area contributed by atoms with Crippen LogP contribution in [0.1, 0.15) is 12.5 Å². The van der Waals surface area contributed by atoms with Gasteiger partial charge in [-0.05, 0) is 24.6 Å². The molecule has 0 unspecified atom stereocenters. The van der Waals surface area contributed by atoms with E-state index in [1.54, 1.807) is 0 Å². The van der Waals surface area contributed by atoms with Gasteiger partial charge in [0.1, 0.15) is 0 Å². The summed E-state index contributed by atoms with van der Waals surface area (Å²) in [4.78, 5) is 10.4. The second-order valence-corrected chi connectivity index (χ2v) is 3.04. The monoisotopic (exact) mass is 216 g/mol. The first-order valence-corrected chi connectivity index (χ1v) is 4.29. The van der Waals surface area contributed by atoms with Crippen LogP contribution in [0.2, 0.25) is 0 Å². The largest absolute Gasteiger partial charge is 0.479 e. The van der Waals surface area contributed by atoms with E-state index in [0.717, 1.165) is 12.1 Å². The van der Waals surface area contributed by atoms with Gasteiger partial charge in [-0.1, -0.05) is 6.07 Å². The lowest BCUT2D eigenvalue weighted by atomic mass is 10.2. The third-order valence-electron chi connectivity index (χ3n) is 1.83. The average molecular weight is 216 g/mol. The standard InChI is InChI=1S/C10H10F2O3/c1-6(10(13)14)15-5-7-2-3-8(11)9(12)4-7/h2-4,6H,5H2,1H3,(H,13,14)/t6-/m0/s1. The molecule has 82 valence electrons. The van der Waals surface area contributed by atoms with E-state index in [1.165, 1.54) is 13.0 Å². The minimum absolute atomic E-state index is 0.0648. The summed E-state index contributed by atoms with van der Waals surface area (Å²) < 4.78 is 30.1. The van der Waals surface area contributed by atoms with Gasteiger partial charge in [0.25, 0.3) is 0 Å². The molecule has 1 rings (SSSR count). The van der Waals surface area contributed by atoms with E-state index in [-0.39, 0.29) is 6.61 Å². The fourth-order valence-corrected chi connectivity index (χ4v) is 0.922. The van der Waals surface area contributed by atoms with Crippen molar-refractivity contribution in [2.24, 2.45) is 0 Å². The Morgan fingerprint density at radius 2 is 2.13 bits per heavy atom. The van der Waals surface area contributed by atoms with Crippen molar-refractivity contribution in [3.05, 3.63) is 35.4 Å². The first-order chi connectivity index (χ1) is 7.00. The summed E-state index contributed by atoms with van der Waals surface area (Å²) in [5.74, 6) is -3.01. The highest BCUT2D eigenvalue weighted by Crippen LogP contribution is 2.10. The molecule has 0 bridgehead atoms. The first kappa shape index (κ1) is 11.6. The minimum atomic E-state index is -1.10. The van der Waals surface area contributed by atoms with Crippen molar-refractivity contribution in [2.75, 3.05) is 0 Å². The SMILES string of the molecule is C[C@H](OCc1ccc(F)c(F)c1)C(=O)O. The van der Waals surface area contributed by atoms with Gasteiger partial charge < -0.3 is 9.84 Å². The second kappa shape index (κ2) is 4.84. The van der Waals surface area contributed by atoms with Crippen LogP contribution in [0.4, 0.5) is 8.78 Å². The van der Waals surface area contributed by atoms with Crippen LogP contribution >= 0.6 is 0 Å². The summed E-state index contributed by atoms with van der Waals surface area (Å²) in [6.45, 7) is 1.30. The summed E-state index contributed by atoms with van der Waals surface area (Å²) in [5.41, 5.74) is 0.391. The van der Waals surface area contributed by atoms with E-state index in [0.29, 0.717) is 5.56 Å². The van der Waals surface area contributed by atoms with Gasteiger partial charge in [0.15, 0.2) is 17.7 Å². The number of hydrogen-bond acceptors (Lipinski definition) is 2. The van der Waals surface area contributed by atoms with Crippen LogP contribution in [0.5, 0.6) is 0 Å². The number of carboxylic acids is 1. The lowest BCUT2D eigenvalue weighted by Crippen LogP contribution is -2.19. The number of halogens is 2. The molecule has 0 aliphatic carbocycles. The predicted molar refractivity (Wildman–Crippen MR) is 48.2 cm³/mol. The van der Waals surface area contributed by atoms with Crippen molar-refractivity contribution < 1.29 is 23.4 Å². The highest BCUT2D eigenvalue weighted by atomic mass is 19.2. The van der Waals surface area contributed by atoms with E-state index in [4.69, 9.17) is 9.84 Å². The van der Waals surface area contributed by atoms with Gasteiger partial charge in [-0.15, -0.1) is 0 Å². The molecule has 3 nitrogen and oxygen atoms in total. The van der Waals surface area contributed by atoms with E-state index >= 15 is 0 Å². The van der Waals surface area contributed by atoms with Crippen molar-refractivity contribution in [1.82, 2.24) is 0 Å². The molecule has 0 saturated carbocycles. The van der Waals surface area contributed by atoms with Crippen molar-refractivity contribution in [2.45, 2.75) is 19.6 Å². The zero-order valence-corrected chi connectivity index (χ0v) is 8.04. The quantitative estimate of drug-likeness (QED) is 0.836. The van der Waals surface area contributed by atoms with Crippen LogP contribution in [-0.4, -0.2) is 17.2 Å². The van der Waals surface area contributed by atoms with Crippen LogP contribution in [0, 0.1) is 11.6 Å². The predicted octanol–water partition coefficient (Wildman–Crippen LogP) is 1.95.